The van der Waals surface area contributed by atoms with Crippen LogP contribution in [0.15, 0.2) is 57.1 Å². The zero-order chi connectivity index (χ0) is 15.1. The second-order valence-electron chi connectivity index (χ2n) is 4.77. The maximum atomic E-state index is 11.2. The van der Waals surface area contributed by atoms with Gasteiger partial charge in [-0.15, -0.1) is 11.3 Å². The van der Waals surface area contributed by atoms with Crippen LogP contribution in [-0.2, 0) is 0 Å². The lowest BCUT2D eigenvalue weighted by atomic mass is 10.1. The van der Waals surface area contributed by atoms with Gasteiger partial charge in [-0.25, -0.2) is 9.78 Å². The first-order chi connectivity index (χ1) is 10.7. The molecule has 4 nitrogen and oxygen atoms in total. The summed E-state index contributed by atoms with van der Waals surface area (Å²) in [5.41, 5.74) is 3.93. The number of aromatic nitrogens is 2. The summed E-state index contributed by atoms with van der Waals surface area (Å²) >= 11 is 7.56. The molecule has 0 atom stereocenters. The Morgan fingerprint density at radius 1 is 1.14 bits per heavy atom. The first-order valence-electron chi connectivity index (χ1n) is 6.54. The molecule has 0 fully saturated rings. The van der Waals surface area contributed by atoms with E-state index in [1.165, 1.54) is 0 Å². The summed E-state index contributed by atoms with van der Waals surface area (Å²) < 4.78 is 5.08. The topological polar surface area (TPSA) is 58.9 Å². The van der Waals surface area contributed by atoms with Crippen molar-refractivity contribution in [1.82, 2.24) is 9.97 Å². The molecule has 0 saturated heterocycles. The van der Waals surface area contributed by atoms with Crippen LogP contribution in [0, 0.1) is 0 Å². The number of nitrogens with one attached hydrogen (secondary N) is 1. The Labute approximate surface area is 134 Å². The van der Waals surface area contributed by atoms with E-state index in [1.807, 2.05) is 47.8 Å². The van der Waals surface area contributed by atoms with Gasteiger partial charge in [-0.1, -0.05) is 29.8 Å². The van der Waals surface area contributed by atoms with Gasteiger partial charge in [0.15, 0.2) is 5.58 Å². The summed E-state index contributed by atoms with van der Waals surface area (Å²) in [5, 5.41) is 3.56. The maximum absolute atomic E-state index is 11.2. The van der Waals surface area contributed by atoms with E-state index in [4.69, 9.17) is 16.0 Å². The Morgan fingerprint density at radius 3 is 2.91 bits per heavy atom. The number of halogens is 1. The smallest absolute Gasteiger partial charge is 0.408 e. The number of aromatic amines is 1. The molecule has 0 aliphatic heterocycles. The molecule has 4 rings (SSSR count). The number of oxazole rings is 1. The molecule has 6 heteroatoms. The number of benzene rings is 2. The van der Waals surface area contributed by atoms with Crippen LogP contribution in [0.2, 0.25) is 5.02 Å². The van der Waals surface area contributed by atoms with Crippen molar-refractivity contribution in [2.45, 2.75) is 0 Å². The molecular formula is C16H9ClN2O2S. The fourth-order valence-corrected chi connectivity index (χ4v) is 3.28. The number of hydrogen-bond acceptors (Lipinski definition) is 4. The molecule has 2 heterocycles. The molecule has 2 aromatic heterocycles. The van der Waals surface area contributed by atoms with E-state index in [2.05, 4.69) is 9.97 Å². The van der Waals surface area contributed by atoms with Crippen molar-refractivity contribution >= 4 is 34.0 Å². The van der Waals surface area contributed by atoms with Gasteiger partial charge in [0.05, 0.1) is 11.2 Å². The minimum Gasteiger partial charge on any atom is -0.408 e. The Balaban J connectivity index is 1.77. The molecular weight excluding hydrogens is 320 g/mol. The maximum Gasteiger partial charge on any atom is 0.417 e. The average molecular weight is 329 g/mol. The second-order valence-corrected chi connectivity index (χ2v) is 6.07. The molecule has 0 bridgehead atoms. The monoisotopic (exact) mass is 328 g/mol. The van der Waals surface area contributed by atoms with Gasteiger partial charge in [0.2, 0.25) is 0 Å². The number of nitrogens with zero attached hydrogens (tertiary/aromatic N) is 1. The van der Waals surface area contributed by atoms with Crippen LogP contribution < -0.4 is 5.76 Å². The molecule has 0 amide bonds. The highest BCUT2D eigenvalue weighted by atomic mass is 35.5. The number of fused-ring (bicyclic) bond motifs is 1. The van der Waals surface area contributed by atoms with Crippen LogP contribution in [0.25, 0.3) is 32.9 Å². The van der Waals surface area contributed by atoms with E-state index in [-0.39, 0.29) is 0 Å². The van der Waals surface area contributed by atoms with Gasteiger partial charge in [-0.3, -0.25) is 4.98 Å². The predicted molar refractivity (Wildman–Crippen MR) is 88.4 cm³/mol. The molecule has 2 aromatic carbocycles. The number of thiazole rings is 1. The SMILES string of the molecule is O=c1[nH]c2ccc(-c3csc(-c4cccc(Cl)c4)n3)cc2o1. The van der Waals surface area contributed by atoms with Crippen LogP contribution in [0.1, 0.15) is 0 Å². The first kappa shape index (κ1) is 13.3. The quantitative estimate of drug-likeness (QED) is 0.586. The summed E-state index contributed by atoms with van der Waals surface area (Å²) in [4.78, 5) is 18.5. The normalized spacial score (nSPS) is 11.1. The molecule has 22 heavy (non-hydrogen) atoms. The van der Waals surface area contributed by atoms with Gasteiger partial charge in [0.1, 0.15) is 5.01 Å². The fourth-order valence-electron chi connectivity index (χ4n) is 2.27. The van der Waals surface area contributed by atoms with Crippen molar-refractivity contribution in [3.8, 4) is 21.8 Å². The first-order valence-corrected chi connectivity index (χ1v) is 7.79. The summed E-state index contributed by atoms with van der Waals surface area (Å²) in [5.74, 6) is -0.454. The summed E-state index contributed by atoms with van der Waals surface area (Å²) in [6.45, 7) is 0. The van der Waals surface area contributed by atoms with Gasteiger partial charge in [0, 0.05) is 21.5 Å². The molecule has 0 saturated carbocycles. The highest BCUT2D eigenvalue weighted by Gasteiger charge is 2.09. The highest BCUT2D eigenvalue weighted by molar-refractivity contribution is 7.13. The molecule has 0 radical (unpaired) electrons. The predicted octanol–water partition coefficient (Wildman–Crippen LogP) is 4.57. The zero-order valence-corrected chi connectivity index (χ0v) is 12.7. The van der Waals surface area contributed by atoms with Crippen LogP contribution in [0.4, 0.5) is 0 Å². The lowest BCUT2D eigenvalue weighted by Gasteiger charge is -1.97. The van der Waals surface area contributed by atoms with Gasteiger partial charge >= 0.3 is 5.76 Å². The number of rotatable bonds is 2. The van der Waals surface area contributed by atoms with Crippen molar-refractivity contribution in [2.24, 2.45) is 0 Å². The second kappa shape index (κ2) is 5.12. The Hall–Kier alpha value is -2.37. The van der Waals surface area contributed by atoms with Crippen LogP contribution in [0.5, 0.6) is 0 Å². The van der Waals surface area contributed by atoms with Gasteiger partial charge in [-0.05, 0) is 24.3 Å². The van der Waals surface area contributed by atoms with E-state index in [1.54, 1.807) is 11.3 Å². The highest BCUT2D eigenvalue weighted by Crippen LogP contribution is 2.31. The van der Waals surface area contributed by atoms with Crippen LogP contribution in [-0.4, -0.2) is 9.97 Å². The van der Waals surface area contributed by atoms with Crippen LogP contribution in [0.3, 0.4) is 0 Å². The van der Waals surface area contributed by atoms with Gasteiger partial charge in [-0.2, -0.15) is 0 Å². The number of hydrogen-bond donors (Lipinski definition) is 1. The fraction of sp³-hybridized carbons (Fsp3) is 0. The van der Waals surface area contributed by atoms with Gasteiger partial charge < -0.3 is 4.42 Å². The van der Waals surface area contributed by atoms with E-state index in [0.29, 0.717) is 16.1 Å². The standard InChI is InChI=1S/C16H9ClN2O2S/c17-11-3-1-2-10(6-11)15-18-13(8-22-15)9-4-5-12-14(7-9)21-16(20)19-12/h1-8H,(H,19,20). The zero-order valence-electron chi connectivity index (χ0n) is 11.2. The Morgan fingerprint density at radius 2 is 2.05 bits per heavy atom. The molecule has 0 aliphatic rings. The third-order valence-corrected chi connectivity index (χ3v) is 4.42. The molecule has 108 valence electrons. The van der Waals surface area contributed by atoms with E-state index < -0.39 is 5.76 Å². The van der Waals surface area contributed by atoms with E-state index >= 15 is 0 Å². The summed E-state index contributed by atoms with van der Waals surface area (Å²) in [6, 6.07) is 13.1. The lowest BCUT2D eigenvalue weighted by molar-refractivity contribution is 0.555. The lowest BCUT2D eigenvalue weighted by Crippen LogP contribution is -1.92. The van der Waals surface area contributed by atoms with E-state index in [9.17, 15) is 4.79 Å². The third kappa shape index (κ3) is 2.34. The van der Waals surface area contributed by atoms with Crippen molar-refractivity contribution in [2.75, 3.05) is 0 Å². The molecule has 1 N–H and O–H groups in total. The Kier molecular flexibility index (Phi) is 3.10. The minimum absolute atomic E-state index is 0.454. The minimum atomic E-state index is -0.454. The summed E-state index contributed by atoms with van der Waals surface area (Å²) in [6.07, 6.45) is 0. The van der Waals surface area contributed by atoms with E-state index in [0.717, 1.165) is 21.8 Å². The Bertz CT molecular complexity index is 1030. The van der Waals surface area contributed by atoms with Crippen molar-refractivity contribution in [1.29, 1.82) is 0 Å². The molecule has 0 spiro atoms. The van der Waals surface area contributed by atoms with Crippen molar-refractivity contribution < 1.29 is 4.42 Å². The number of H-pyrrole nitrogens is 1. The average Bonchev–Trinajstić information content (AvgIpc) is 3.11. The van der Waals surface area contributed by atoms with Crippen molar-refractivity contribution in [3.05, 3.63) is 63.4 Å². The molecule has 0 unspecified atom stereocenters. The van der Waals surface area contributed by atoms with Crippen LogP contribution >= 0.6 is 22.9 Å². The third-order valence-electron chi connectivity index (χ3n) is 3.29. The van der Waals surface area contributed by atoms with Crippen molar-refractivity contribution in [3.63, 3.8) is 0 Å². The molecule has 0 aliphatic carbocycles. The summed E-state index contributed by atoms with van der Waals surface area (Å²) in [7, 11) is 0. The van der Waals surface area contributed by atoms with Gasteiger partial charge in [0.25, 0.3) is 0 Å². The molecule has 4 aromatic rings. The largest absolute Gasteiger partial charge is 0.417 e.